The van der Waals surface area contributed by atoms with Crippen molar-refractivity contribution < 1.29 is 27.0 Å². The number of hydrogen-bond acceptors (Lipinski definition) is 8. The molecule has 10 nitrogen and oxygen atoms in total. The highest BCUT2D eigenvalue weighted by Crippen LogP contribution is 2.55. The van der Waals surface area contributed by atoms with Crippen LogP contribution in [0.5, 0.6) is 11.9 Å². The molecule has 0 radical (unpaired) electrons. The van der Waals surface area contributed by atoms with Crippen molar-refractivity contribution in [2.45, 2.75) is 31.0 Å². The summed E-state index contributed by atoms with van der Waals surface area (Å²) in [6.07, 6.45) is 0.136. The quantitative estimate of drug-likeness (QED) is 0.314. The van der Waals surface area contributed by atoms with Gasteiger partial charge in [-0.2, -0.15) is 37.3 Å². The van der Waals surface area contributed by atoms with E-state index in [1.165, 1.54) is 26.6 Å². The lowest BCUT2D eigenvalue weighted by atomic mass is 10.1. The van der Waals surface area contributed by atoms with Gasteiger partial charge >= 0.3 is 12.2 Å². The molecule has 0 bridgehead atoms. The van der Waals surface area contributed by atoms with Crippen LogP contribution in [0, 0.1) is 5.95 Å². The van der Waals surface area contributed by atoms with E-state index in [9.17, 15) is 17.6 Å². The lowest BCUT2D eigenvalue weighted by Gasteiger charge is -2.11. The summed E-state index contributed by atoms with van der Waals surface area (Å²) < 4.78 is 65.8. The highest BCUT2D eigenvalue weighted by molar-refractivity contribution is 5.75. The summed E-state index contributed by atoms with van der Waals surface area (Å²) in [7, 11) is 2.86. The molecule has 6 rings (SSSR count). The van der Waals surface area contributed by atoms with Crippen LogP contribution < -0.4 is 9.47 Å². The number of methoxy groups -OCH3 is 2. The number of aromatic nitrogens is 8. The van der Waals surface area contributed by atoms with E-state index in [0.717, 1.165) is 15.4 Å². The van der Waals surface area contributed by atoms with E-state index < -0.39 is 18.7 Å². The summed E-state index contributed by atoms with van der Waals surface area (Å²) in [6, 6.07) is 5.35. The zero-order valence-corrected chi connectivity index (χ0v) is 19.4. The molecule has 0 amide bonds. The second-order valence-electron chi connectivity index (χ2n) is 8.60. The van der Waals surface area contributed by atoms with E-state index in [1.54, 1.807) is 18.2 Å². The molecule has 0 spiro atoms. The molecular weight excluding hydrogens is 496 g/mol. The average Bonchev–Trinajstić information content (AvgIpc) is 3.47. The number of ether oxygens (including phenoxy) is 2. The molecule has 1 unspecified atom stereocenters. The van der Waals surface area contributed by atoms with Crippen molar-refractivity contribution >= 4 is 16.7 Å². The monoisotopic (exact) mass is 514 g/mol. The van der Waals surface area contributed by atoms with E-state index in [0.29, 0.717) is 40.0 Å². The number of pyridine rings is 1. The van der Waals surface area contributed by atoms with Gasteiger partial charge in [0.25, 0.3) is 0 Å². The normalized spacial score (nSPS) is 17.5. The predicted molar refractivity (Wildman–Crippen MR) is 121 cm³/mol. The predicted octanol–water partition coefficient (Wildman–Crippen LogP) is 3.92. The van der Waals surface area contributed by atoms with Gasteiger partial charge in [-0.3, -0.25) is 0 Å². The third kappa shape index (κ3) is 4.07. The fourth-order valence-corrected chi connectivity index (χ4v) is 4.48. The molecule has 190 valence electrons. The van der Waals surface area contributed by atoms with Crippen LogP contribution >= 0.6 is 0 Å². The van der Waals surface area contributed by atoms with Gasteiger partial charge in [0, 0.05) is 28.8 Å². The SMILES string of the molecule is COc1ncc(-c2cc([C@H]3CC3c3ccc4cnn(CC(F)(F)F)c4n3)c3ncc(F)n3n2)c(OC)n1. The van der Waals surface area contributed by atoms with Crippen molar-refractivity contribution in [2.75, 3.05) is 14.2 Å². The molecule has 5 aromatic heterocycles. The Bertz CT molecular complexity index is 1650. The largest absolute Gasteiger partial charge is 0.480 e. The molecule has 0 aliphatic heterocycles. The number of halogens is 4. The molecule has 37 heavy (non-hydrogen) atoms. The van der Waals surface area contributed by atoms with E-state index >= 15 is 0 Å². The first-order chi connectivity index (χ1) is 17.8. The maximum absolute atomic E-state index is 14.6. The maximum Gasteiger partial charge on any atom is 0.408 e. The van der Waals surface area contributed by atoms with Gasteiger partial charge in [0.05, 0.1) is 37.9 Å². The minimum absolute atomic E-state index is 0.101. The summed E-state index contributed by atoms with van der Waals surface area (Å²) in [5.74, 6) is -0.673. The first kappa shape index (κ1) is 23.1. The van der Waals surface area contributed by atoms with Gasteiger partial charge in [-0.05, 0) is 30.5 Å². The number of fused-ring (bicyclic) bond motifs is 2. The molecule has 2 atom stereocenters. The third-order valence-corrected chi connectivity index (χ3v) is 6.24. The molecule has 1 saturated carbocycles. The lowest BCUT2D eigenvalue weighted by molar-refractivity contribution is -0.141. The van der Waals surface area contributed by atoms with Gasteiger partial charge in [0.1, 0.15) is 6.54 Å². The molecule has 5 heterocycles. The van der Waals surface area contributed by atoms with Crippen molar-refractivity contribution in [3.8, 4) is 23.1 Å². The van der Waals surface area contributed by atoms with Crippen LogP contribution in [0.2, 0.25) is 0 Å². The van der Waals surface area contributed by atoms with Crippen molar-refractivity contribution in [3.63, 3.8) is 0 Å². The Morgan fingerprint density at radius 2 is 1.84 bits per heavy atom. The number of alkyl halides is 3. The minimum atomic E-state index is -4.42. The highest BCUT2D eigenvalue weighted by Gasteiger charge is 2.43. The number of hydrogen-bond donors (Lipinski definition) is 0. The van der Waals surface area contributed by atoms with Gasteiger partial charge in [-0.1, -0.05) is 0 Å². The molecule has 0 saturated heterocycles. The second kappa shape index (κ2) is 8.35. The first-order valence-electron chi connectivity index (χ1n) is 11.1. The molecule has 1 aliphatic rings. The molecule has 0 aromatic carbocycles. The van der Waals surface area contributed by atoms with E-state index in [2.05, 4.69) is 30.1 Å². The standard InChI is InChI=1S/C23H18F4N8O2/c1-36-21-15(8-29-22(32-21)37-2)17-6-14(20-28-9-18(24)35(20)33-17)12-5-13(12)16-4-3-11-7-30-34(19(11)31-16)10-23(25,26)27/h3-4,6-9,12-13H,5,10H2,1-2H3/t12-,13?/m0/s1. The Morgan fingerprint density at radius 1 is 1.00 bits per heavy atom. The van der Waals surface area contributed by atoms with Crippen LogP contribution in [0.1, 0.15) is 29.5 Å². The van der Waals surface area contributed by atoms with Crippen LogP contribution in [0.15, 0.2) is 36.8 Å². The Morgan fingerprint density at radius 3 is 2.59 bits per heavy atom. The molecule has 1 aliphatic carbocycles. The maximum atomic E-state index is 14.6. The summed E-state index contributed by atoms with van der Waals surface area (Å²) in [6.45, 7) is -1.23. The minimum Gasteiger partial charge on any atom is -0.480 e. The Hall–Kier alpha value is -4.36. The second-order valence-corrected chi connectivity index (χ2v) is 8.60. The zero-order chi connectivity index (χ0) is 25.9. The fourth-order valence-electron chi connectivity index (χ4n) is 4.48. The number of imidazole rings is 1. The van der Waals surface area contributed by atoms with Crippen molar-refractivity contribution in [3.05, 3.63) is 54.0 Å². The van der Waals surface area contributed by atoms with Crippen LogP contribution in [0.25, 0.3) is 27.9 Å². The lowest BCUT2D eigenvalue weighted by Crippen LogP contribution is -2.18. The van der Waals surface area contributed by atoms with Gasteiger partial charge in [-0.25, -0.2) is 19.6 Å². The van der Waals surface area contributed by atoms with Crippen LogP contribution in [-0.4, -0.2) is 59.7 Å². The van der Waals surface area contributed by atoms with Gasteiger partial charge in [0.15, 0.2) is 11.3 Å². The van der Waals surface area contributed by atoms with Crippen molar-refractivity contribution in [1.82, 2.24) is 39.3 Å². The average molecular weight is 514 g/mol. The molecule has 5 aromatic rings. The third-order valence-electron chi connectivity index (χ3n) is 6.24. The zero-order valence-electron chi connectivity index (χ0n) is 19.4. The van der Waals surface area contributed by atoms with Crippen LogP contribution in [0.3, 0.4) is 0 Å². The first-order valence-corrected chi connectivity index (χ1v) is 11.1. The van der Waals surface area contributed by atoms with E-state index in [-0.39, 0.29) is 29.4 Å². The summed E-state index contributed by atoms with van der Waals surface area (Å²) in [4.78, 5) is 17.0. The fraction of sp³-hybridized carbons (Fsp3) is 0.304. The van der Waals surface area contributed by atoms with Crippen LogP contribution in [-0.2, 0) is 6.54 Å². The molecule has 0 N–H and O–H groups in total. The van der Waals surface area contributed by atoms with Crippen molar-refractivity contribution in [1.29, 1.82) is 0 Å². The Labute approximate surface area is 205 Å². The Balaban J connectivity index is 1.40. The highest BCUT2D eigenvalue weighted by atomic mass is 19.4. The van der Waals surface area contributed by atoms with Gasteiger partial charge in [0.2, 0.25) is 11.8 Å². The van der Waals surface area contributed by atoms with Gasteiger partial charge < -0.3 is 9.47 Å². The Kier molecular flexibility index (Phi) is 5.21. The summed E-state index contributed by atoms with van der Waals surface area (Å²) in [5, 5.41) is 8.71. The molecule has 1 fully saturated rings. The van der Waals surface area contributed by atoms with Gasteiger partial charge in [-0.15, -0.1) is 0 Å². The number of rotatable bonds is 6. The van der Waals surface area contributed by atoms with E-state index in [1.807, 2.05) is 0 Å². The van der Waals surface area contributed by atoms with Crippen LogP contribution in [0.4, 0.5) is 17.6 Å². The van der Waals surface area contributed by atoms with Crippen molar-refractivity contribution in [2.24, 2.45) is 0 Å². The summed E-state index contributed by atoms with van der Waals surface area (Å²) >= 11 is 0. The molecule has 14 heteroatoms. The number of nitrogens with zero attached hydrogens (tertiary/aromatic N) is 8. The smallest absolute Gasteiger partial charge is 0.408 e. The summed E-state index contributed by atoms with van der Waals surface area (Å²) in [5.41, 5.74) is 2.61. The molecular formula is C23H18F4N8O2. The topological polar surface area (TPSA) is 105 Å². The van der Waals surface area contributed by atoms with E-state index in [4.69, 9.17) is 9.47 Å².